The third-order valence-electron chi connectivity index (χ3n) is 2.40. The van der Waals surface area contributed by atoms with Crippen molar-refractivity contribution in [2.75, 3.05) is 23.2 Å². The van der Waals surface area contributed by atoms with Crippen molar-refractivity contribution in [3.63, 3.8) is 0 Å². The highest BCUT2D eigenvalue weighted by molar-refractivity contribution is 7.80. The smallest absolute Gasteiger partial charge is 0.0516 e. The monoisotopic (exact) mass is 211 g/mol. The molecule has 0 aromatic heterocycles. The van der Waals surface area contributed by atoms with E-state index in [0.717, 1.165) is 23.4 Å². The van der Waals surface area contributed by atoms with Gasteiger partial charge in [-0.3, -0.25) is 4.21 Å². The van der Waals surface area contributed by atoms with E-state index in [-0.39, 0.29) is 0 Å². The topological polar surface area (TPSA) is 55.4 Å². The molecule has 4 nitrogen and oxygen atoms in total. The molecule has 5 heteroatoms. The SMILES string of the molecule is CNc1ccc2c(c1)CCN2S(=O)[O-]. The van der Waals surface area contributed by atoms with Gasteiger partial charge in [-0.15, -0.1) is 0 Å². The molecular formula is C9H11N2O2S-. The summed E-state index contributed by atoms with van der Waals surface area (Å²) in [5, 5.41) is 3.03. The Balaban J connectivity index is 2.38. The summed E-state index contributed by atoms with van der Waals surface area (Å²) in [7, 11) is 1.85. The van der Waals surface area contributed by atoms with Gasteiger partial charge >= 0.3 is 0 Å². The molecule has 1 aromatic carbocycles. The lowest BCUT2D eigenvalue weighted by atomic mass is 10.1. The Morgan fingerprint density at radius 1 is 1.57 bits per heavy atom. The first kappa shape index (κ1) is 9.48. The van der Waals surface area contributed by atoms with Gasteiger partial charge in [-0.05, 0) is 30.2 Å². The van der Waals surface area contributed by atoms with E-state index in [1.807, 2.05) is 25.2 Å². The van der Waals surface area contributed by atoms with Crippen LogP contribution in [0.3, 0.4) is 0 Å². The molecule has 1 atom stereocenters. The third kappa shape index (κ3) is 1.49. The predicted octanol–water partition coefficient (Wildman–Crippen LogP) is 0.885. The van der Waals surface area contributed by atoms with Crippen LogP contribution < -0.4 is 9.62 Å². The summed E-state index contributed by atoms with van der Waals surface area (Å²) in [5.74, 6) is 0. The quantitative estimate of drug-likeness (QED) is 0.739. The predicted molar refractivity (Wildman–Crippen MR) is 56.0 cm³/mol. The Hall–Kier alpha value is -1.07. The maximum atomic E-state index is 10.8. The second-order valence-corrected chi connectivity index (χ2v) is 4.04. The van der Waals surface area contributed by atoms with Crippen molar-refractivity contribution >= 4 is 22.6 Å². The zero-order valence-electron chi connectivity index (χ0n) is 7.82. The fraction of sp³-hybridized carbons (Fsp3) is 0.333. The van der Waals surface area contributed by atoms with Gasteiger partial charge in [-0.1, -0.05) is 0 Å². The molecule has 0 aliphatic carbocycles. The van der Waals surface area contributed by atoms with Crippen LogP contribution in [0.5, 0.6) is 0 Å². The molecule has 76 valence electrons. The van der Waals surface area contributed by atoms with Crippen molar-refractivity contribution in [1.29, 1.82) is 0 Å². The maximum Gasteiger partial charge on any atom is 0.0516 e. The van der Waals surface area contributed by atoms with Crippen LogP contribution >= 0.6 is 0 Å². The molecule has 0 bridgehead atoms. The molecule has 1 unspecified atom stereocenters. The Morgan fingerprint density at radius 3 is 3.00 bits per heavy atom. The van der Waals surface area contributed by atoms with E-state index in [1.165, 1.54) is 4.31 Å². The first-order valence-corrected chi connectivity index (χ1v) is 5.43. The van der Waals surface area contributed by atoms with Crippen molar-refractivity contribution in [3.8, 4) is 0 Å². The summed E-state index contributed by atoms with van der Waals surface area (Å²) in [6.07, 6.45) is 0.791. The second-order valence-electron chi connectivity index (χ2n) is 3.16. The van der Waals surface area contributed by atoms with Gasteiger partial charge in [0.25, 0.3) is 0 Å². The molecule has 14 heavy (non-hydrogen) atoms. The highest BCUT2D eigenvalue weighted by atomic mass is 32.2. The van der Waals surface area contributed by atoms with Gasteiger partial charge < -0.3 is 14.2 Å². The average molecular weight is 211 g/mol. The molecule has 0 spiro atoms. The number of anilines is 2. The summed E-state index contributed by atoms with van der Waals surface area (Å²) in [6.45, 7) is 0.554. The number of hydrogen-bond donors (Lipinski definition) is 1. The van der Waals surface area contributed by atoms with E-state index in [1.54, 1.807) is 0 Å². The van der Waals surface area contributed by atoms with Gasteiger partial charge in [0, 0.05) is 30.5 Å². The lowest BCUT2D eigenvalue weighted by Crippen LogP contribution is -2.22. The minimum atomic E-state index is -2.15. The number of hydrogen-bond acceptors (Lipinski definition) is 3. The molecular weight excluding hydrogens is 200 g/mol. The van der Waals surface area contributed by atoms with E-state index in [9.17, 15) is 8.76 Å². The largest absolute Gasteiger partial charge is 0.755 e. The van der Waals surface area contributed by atoms with E-state index in [4.69, 9.17) is 0 Å². The van der Waals surface area contributed by atoms with Crippen molar-refractivity contribution in [2.45, 2.75) is 6.42 Å². The Labute approximate surface area is 85.3 Å². The Kier molecular flexibility index (Phi) is 2.43. The lowest BCUT2D eigenvalue weighted by molar-refractivity contribution is 0.533. The minimum Gasteiger partial charge on any atom is -0.755 e. The van der Waals surface area contributed by atoms with Crippen LogP contribution in [-0.4, -0.2) is 22.4 Å². The van der Waals surface area contributed by atoms with E-state index in [0.29, 0.717) is 6.54 Å². The summed E-state index contributed by atoms with van der Waals surface area (Å²) in [6, 6.07) is 5.70. The molecule has 1 heterocycles. The standard InChI is InChI=1S/C9H12N2O2S/c1-10-8-2-3-9-7(6-8)4-5-11(9)14(12)13/h2-3,6,10H,4-5H2,1H3,(H,12,13)/p-1. The molecule has 1 aliphatic heterocycles. The maximum absolute atomic E-state index is 10.8. The van der Waals surface area contributed by atoms with Crippen LogP contribution in [0.2, 0.25) is 0 Å². The van der Waals surface area contributed by atoms with Crippen molar-refractivity contribution in [3.05, 3.63) is 23.8 Å². The molecule has 0 radical (unpaired) electrons. The van der Waals surface area contributed by atoms with Crippen LogP contribution in [0.15, 0.2) is 18.2 Å². The normalized spacial score (nSPS) is 16.6. The van der Waals surface area contributed by atoms with Crippen LogP contribution in [-0.2, 0) is 17.7 Å². The lowest BCUT2D eigenvalue weighted by Gasteiger charge is -2.21. The minimum absolute atomic E-state index is 0.554. The first-order chi connectivity index (χ1) is 6.72. The van der Waals surface area contributed by atoms with E-state index < -0.39 is 11.3 Å². The number of benzene rings is 1. The Bertz CT molecular complexity index is 381. The van der Waals surface area contributed by atoms with E-state index in [2.05, 4.69) is 5.32 Å². The van der Waals surface area contributed by atoms with Crippen molar-refractivity contribution < 1.29 is 8.76 Å². The first-order valence-electron chi connectivity index (χ1n) is 4.40. The van der Waals surface area contributed by atoms with Gasteiger partial charge in [-0.2, -0.15) is 0 Å². The molecule has 1 aliphatic rings. The van der Waals surface area contributed by atoms with Crippen LogP contribution in [0.1, 0.15) is 5.56 Å². The number of rotatable bonds is 2. The highest BCUT2D eigenvalue weighted by Gasteiger charge is 2.19. The van der Waals surface area contributed by atoms with Gasteiger partial charge in [0.1, 0.15) is 0 Å². The summed E-state index contributed by atoms with van der Waals surface area (Å²) in [4.78, 5) is 0. The summed E-state index contributed by atoms with van der Waals surface area (Å²) < 4.78 is 23.0. The molecule has 1 aromatic rings. The van der Waals surface area contributed by atoms with Crippen molar-refractivity contribution in [2.24, 2.45) is 0 Å². The van der Waals surface area contributed by atoms with Crippen LogP contribution in [0, 0.1) is 0 Å². The molecule has 0 amide bonds. The van der Waals surface area contributed by atoms with Crippen LogP contribution in [0.4, 0.5) is 11.4 Å². The van der Waals surface area contributed by atoms with Gasteiger partial charge in [0.15, 0.2) is 0 Å². The van der Waals surface area contributed by atoms with Gasteiger partial charge in [0.2, 0.25) is 0 Å². The van der Waals surface area contributed by atoms with Crippen molar-refractivity contribution in [1.82, 2.24) is 0 Å². The average Bonchev–Trinajstić information content (AvgIpc) is 2.59. The molecule has 0 fully saturated rings. The fourth-order valence-electron chi connectivity index (χ4n) is 1.68. The number of nitrogens with zero attached hydrogens (tertiary/aromatic N) is 1. The summed E-state index contributed by atoms with van der Waals surface area (Å²) >= 11 is -2.15. The number of nitrogens with one attached hydrogen (secondary N) is 1. The van der Waals surface area contributed by atoms with Crippen LogP contribution in [0.25, 0.3) is 0 Å². The second kappa shape index (κ2) is 3.59. The highest BCUT2D eigenvalue weighted by Crippen LogP contribution is 2.30. The Morgan fingerprint density at radius 2 is 2.36 bits per heavy atom. The summed E-state index contributed by atoms with van der Waals surface area (Å²) in [5.41, 5.74) is 2.90. The zero-order valence-corrected chi connectivity index (χ0v) is 8.63. The molecule has 2 rings (SSSR count). The molecule has 0 saturated carbocycles. The molecule has 0 saturated heterocycles. The fourth-order valence-corrected chi connectivity index (χ4v) is 2.26. The van der Waals surface area contributed by atoms with E-state index >= 15 is 0 Å². The zero-order chi connectivity index (χ0) is 10.1. The molecule has 1 N–H and O–H groups in total. The van der Waals surface area contributed by atoms with Gasteiger partial charge in [0.05, 0.1) is 5.69 Å². The number of fused-ring (bicyclic) bond motifs is 1. The third-order valence-corrected chi connectivity index (χ3v) is 3.14. The van der Waals surface area contributed by atoms with Gasteiger partial charge in [-0.25, -0.2) is 0 Å².